The maximum absolute atomic E-state index is 13.1. The minimum Gasteiger partial charge on any atom is -0.347 e. The van der Waals surface area contributed by atoms with Crippen molar-refractivity contribution in [1.29, 1.82) is 0 Å². The monoisotopic (exact) mass is 283 g/mol. The molecule has 3 aromatic rings. The number of halogens is 1. The third kappa shape index (κ3) is 2.63. The van der Waals surface area contributed by atoms with Crippen LogP contribution in [0.25, 0.3) is 10.9 Å². The lowest BCUT2D eigenvalue weighted by atomic mass is 10.2. The number of fused-ring (bicyclic) bond motifs is 1. The summed E-state index contributed by atoms with van der Waals surface area (Å²) in [5.74, 6) is -0.504. The van der Waals surface area contributed by atoms with Gasteiger partial charge in [-0.1, -0.05) is 12.1 Å². The Morgan fingerprint density at radius 3 is 2.95 bits per heavy atom. The van der Waals surface area contributed by atoms with Crippen molar-refractivity contribution in [1.82, 2.24) is 14.9 Å². The van der Waals surface area contributed by atoms with Crippen LogP contribution in [-0.2, 0) is 13.6 Å². The lowest BCUT2D eigenvalue weighted by Crippen LogP contribution is -2.24. The number of aromatic nitrogens is 2. The molecule has 3 rings (SSSR count). The molecule has 5 heteroatoms. The van der Waals surface area contributed by atoms with Crippen LogP contribution in [0.3, 0.4) is 0 Å². The largest absolute Gasteiger partial charge is 0.347 e. The molecule has 2 aromatic heterocycles. The molecule has 1 amide bonds. The summed E-state index contributed by atoms with van der Waals surface area (Å²) in [6.07, 6.45) is 3.41. The second-order valence-electron chi connectivity index (χ2n) is 4.84. The second-order valence-corrected chi connectivity index (χ2v) is 4.84. The molecule has 1 aromatic carbocycles. The number of carbonyl (C=O) groups is 1. The molecule has 0 saturated carbocycles. The van der Waals surface area contributed by atoms with E-state index in [2.05, 4.69) is 10.3 Å². The molecule has 0 atom stereocenters. The number of carbonyl (C=O) groups excluding carboxylic acids is 1. The van der Waals surface area contributed by atoms with Crippen molar-refractivity contribution >= 4 is 16.8 Å². The van der Waals surface area contributed by atoms with Gasteiger partial charge < -0.3 is 9.88 Å². The zero-order valence-electron chi connectivity index (χ0n) is 11.5. The molecular weight excluding hydrogens is 269 g/mol. The van der Waals surface area contributed by atoms with Crippen molar-refractivity contribution < 1.29 is 9.18 Å². The summed E-state index contributed by atoms with van der Waals surface area (Å²) >= 11 is 0. The lowest BCUT2D eigenvalue weighted by molar-refractivity contribution is 0.0943. The topological polar surface area (TPSA) is 46.9 Å². The van der Waals surface area contributed by atoms with Crippen LogP contribution in [0.1, 0.15) is 16.1 Å². The molecule has 0 saturated heterocycles. The molecule has 4 nitrogen and oxygen atoms in total. The SMILES string of the molecule is Cn1c(C(=O)NCc2cccc(F)c2)cc2ccncc21. The molecule has 0 unspecified atom stereocenters. The van der Waals surface area contributed by atoms with Crippen LogP contribution >= 0.6 is 0 Å². The highest BCUT2D eigenvalue weighted by molar-refractivity contribution is 5.98. The van der Waals surface area contributed by atoms with E-state index >= 15 is 0 Å². The maximum Gasteiger partial charge on any atom is 0.268 e. The van der Waals surface area contributed by atoms with E-state index in [0.29, 0.717) is 5.69 Å². The first-order valence-corrected chi connectivity index (χ1v) is 6.57. The number of benzene rings is 1. The normalized spacial score (nSPS) is 10.8. The van der Waals surface area contributed by atoms with Crippen molar-refractivity contribution in [2.45, 2.75) is 6.54 Å². The summed E-state index contributed by atoms with van der Waals surface area (Å²) in [4.78, 5) is 16.3. The summed E-state index contributed by atoms with van der Waals surface area (Å²) in [5, 5.41) is 3.76. The number of nitrogens with zero attached hydrogens (tertiary/aromatic N) is 2. The van der Waals surface area contributed by atoms with Gasteiger partial charge in [-0.15, -0.1) is 0 Å². The van der Waals surface area contributed by atoms with E-state index in [0.717, 1.165) is 16.5 Å². The summed E-state index contributed by atoms with van der Waals surface area (Å²) in [6.45, 7) is 0.288. The van der Waals surface area contributed by atoms with E-state index in [1.807, 2.05) is 19.2 Å². The van der Waals surface area contributed by atoms with Crippen LogP contribution in [0.2, 0.25) is 0 Å². The minimum atomic E-state index is -0.308. The van der Waals surface area contributed by atoms with Crippen molar-refractivity contribution in [3.63, 3.8) is 0 Å². The van der Waals surface area contributed by atoms with Crippen LogP contribution in [0.4, 0.5) is 4.39 Å². The van der Waals surface area contributed by atoms with Gasteiger partial charge in [-0.25, -0.2) is 4.39 Å². The van der Waals surface area contributed by atoms with Gasteiger partial charge in [0, 0.05) is 25.2 Å². The van der Waals surface area contributed by atoms with E-state index in [9.17, 15) is 9.18 Å². The Bertz CT molecular complexity index is 810. The predicted molar refractivity (Wildman–Crippen MR) is 78.3 cm³/mol. The van der Waals surface area contributed by atoms with Gasteiger partial charge in [0.05, 0.1) is 11.7 Å². The Hall–Kier alpha value is -2.69. The van der Waals surface area contributed by atoms with E-state index in [1.54, 1.807) is 29.1 Å². The summed E-state index contributed by atoms with van der Waals surface area (Å²) < 4.78 is 14.9. The molecule has 0 aliphatic rings. The summed E-state index contributed by atoms with van der Waals surface area (Å²) in [5.41, 5.74) is 2.17. The molecule has 0 bridgehead atoms. The van der Waals surface area contributed by atoms with Gasteiger partial charge in [0.1, 0.15) is 11.5 Å². The van der Waals surface area contributed by atoms with Crippen molar-refractivity contribution in [3.8, 4) is 0 Å². The third-order valence-corrected chi connectivity index (χ3v) is 3.42. The molecule has 21 heavy (non-hydrogen) atoms. The van der Waals surface area contributed by atoms with Crippen molar-refractivity contribution in [3.05, 3.63) is 65.9 Å². The maximum atomic E-state index is 13.1. The van der Waals surface area contributed by atoms with E-state index in [1.165, 1.54) is 12.1 Å². The molecule has 0 aliphatic carbocycles. The van der Waals surface area contributed by atoms with Crippen LogP contribution in [-0.4, -0.2) is 15.5 Å². The summed E-state index contributed by atoms with van der Waals surface area (Å²) in [6, 6.07) is 9.86. The zero-order chi connectivity index (χ0) is 14.8. The molecule has 1 N–H and O–H groups in total. The van der Waals surface area contributed by atoms with Gasteiger partial charge in [-0.2, -0.15) is 0 Å². The van der Waals surface area contributed by atoms with Gasteiger partial charge in [0.15, 0.2) is 0 Å². The number of hydrogen-bond acceptors (Lipinski definition) is 2. The molecule has 0 radical (unpaired) electrons. The fourth-order valence-electron chi connectivity index (χ4n) is 2.31. The quantitative estimate of drug-likeness (QED) is 0.803. The highest BCUT2D eigenvalue weighted by Gasteiger charge is 2.12. The third-order valence-electron chi connectivity index (χ3n) is 3.42. The van der Waals surface area contributed by atoms with Crippen LogP contribution < -0.4 is 5.32 Å². The second kappa shape index (κ2) is 5.36. The fourth-order valence-corrected chi connectivity index (χ4v) is 2.31. The smallest absolute Gasteiger partial charge is 0.268 e. The number of pyridine rings is 1. The number of rotatable bonds is 3. The summed E-state index contributed by atoms with van der Waals surface area (Å²) in [7, 11) is 1.82. The van der Waals surface area contributed by atoms with Crippen molar-refractivity contribution in [2.75, 3.05) is 0 Å². The Kier molecular flexibility index (Phi) is 3.39. The number of nitrogens with one attached hydrogen (secondary N) is 1. The molecule has 106 valence electrons. The van der Waals surface area contributed by atoms with Crippen LogP contribution in [0.5, 0.6) is 0 Å². The minimum absolute atomic E-state index is 0.196. The van der Waals surface area contributed by atoms with Gasteiger partial charge >= 0.3 is 0 Å². The van der Waals surface area contributed by atoms with Gasteiger partial charge in [0.2, 0.25) is 0 Å². The predicted octanol–water partition coefficient (Wildman–Crippen LogP) is 2.64. The van der Waals surface area contributed by atoms with E-state index in [4.69, 9.17) is 0 Å². The Morgan fingerprint density at radius 2 is 2.19 bits per heavy atom. The van der Waals surface area contributed by atoms with Gasteiger partial charge in [-0.3, -0.25) is 9.78 Å². The Labute approximate surface area is 121 Å². The number of amides is 1. The highest BCUT2D eigenvalue weighted by Crippen LogP contribution is 2.17. The fraction of sp³-hybridized carbons (Fsp3) is 0.125. The van der Waals surface area contributed by atoms with E-state index in [-0.39, 0.29) is 18.3 Å². The molecule has 2 heterocycles. The average molecular weight is 283 g/mol. The first-order chi connectivity index (χ1) is 10.1. The van der Waals surface area contributed by atoms with Crippen molar-refractivity contribution in [2.24, 2.45) is 7.05 Å². The van der Waals surface area contributed by atoms with Gasteiger partial charge in [-0.05, 0) is 29.8 Å². The molecule has 0 fully saturated rings. The molecular formula is C16H14FN3O. The number of aryl methyl sites for hydroxylation is 1. The molecule has 0 spiro atoms. The standard InChI is InChI=1S/C16H14FN3O/c1-20-14(8-12-5-6-18-10-15(12)20)16(21)19-9-11-3-2-4-13(17)7-11/h2-8,10H,9H2,1H3,(H,19,21). The van der Waals surface area contributed by atoms with E-state index < -0.39 is 0 Å². The van der Waals surface area contributed by atoms with Crippen LogP contribution in [0, 0.1) is 5.82 Å². The molecule has 0 aliphatic heterocycles. The highest BCUT2D eigenvalue weighted by atomic mass is 19.1. The number of hydrogen-bond donors (Lipinski definition) is 1. The Balaban J connectivity index is 1.79. The van der Waals surface area contributed by atoms with Gasteiger partial charge in [0.25, 0.3) is 5.91 Å². The zero-order valence-corrected chi connectivity index (χ0v) is 11.5. The lowest BCUT2D eigenvalue weighted by Gasteiger charge is -2.06. The Morgan fingerprint density at radius 1 is 1.33 bits per heavy atom. The van der Waals surface area contributed by atoms with Crippen LogP contribution in [0.15, 0.2) is 48.8 Å². The average Bonchev–Trinajstić information content (AvgIpc) is 2.83. The first kappa shape index (κ1) is 13.3. The first-order valence-electron chi connectivity index (χ1n) is 6.57.